The van der Waals surface area contributed by atoms with E-state index >= 15 is 0 Å². The van der Waals surface area contributed by atoms with Crippen LogP contribution in [0.3, 0.4) is 0 Å². The maximum atomic E-state index is 12.9. The van der Waals surface area contributed by atoms with Gasteiger partial charge in [0.25, 0.3) is 0 Å². The molecule has 0 aliphatic heterocycles. The highest BCUT2D eigenvalue weighted by Crippen LogP contribution is 2.23. The average molecular weight is 371 g/mol. The number of nitrogens with zero attached hydrogens (tertiary/aromatic N) is 2. The predicted molar refractivity (Wildman–Crippen MR) is 101 cm³/mol. The molecule has 1 aromatic heterocycles. The molecule has 2 aromatic carbocycles. The molecule has 1 N–H and O–H groups in total. The molecule has 0 fully saturated rings. The van der Waals surface area contributed by atoms with E-state index in [9.17, 15) is 8.42 Å². The highest BCUT2D eigenvalue weighted by molar-refractivity contribution is 7.91. The van der Waals surface area contributed by atoms with Crippen molar-refractivity contribution in [1.82, 2.24) is 4.98 Å². The van der Waals surface area contributed by atoms with E-state index in [2.05, 4.69) is 15.5 Å². The number of nitrogens with one attached hydrogen (secondary N) is 1. The summed E-state index contributed by atoms with van der Waals surface area (Å²) >= 11 is 1.44. The molecule has 0 amide bonds. The molecule has 0 saturated carbocycles. The second-order valence-corrected chi connectivity index (χ2v) is 8.29. The van der Waals surface area contributed by atoms with E-state index in [1.54, 1.807) is 48.5 Å². The lowest BCUT2D eigenvalue weighted by molar-refractivity contribution is 0.596. The Labute approximate surface area is 151 Å². The summed E-state index contributed by atoms with van der Waals surface area (Å²) < 4.78 is 25.8. The van der Waals surface area contributed by atoms with Crippen LogP contribution in [0.15, 0.2) is 68.8 Å². The summed E-state index contributed by atoms with van der Waals surface area (Å²) in [5.41, 5.74) is 5.26. The second-order valence-electron chi connectivity index (χ2n) is 5.52. The Morgan fingerprint density at radius 1 is 1.08 bits per heavy atom. The minimum atomic E-state index is -3.61. The van der Waals surface area contributed by atoms with E-state index in [1.807, 2.05) is 19.2 Å². The van der Waals surface area contributed by atoms with Crippen molar-refractivity contribution in [2.75, 3.05) is 5.43 Å². The van der Waals surface area contributed by atoms with E-state index in [-0.39, 0.29) is 9.79 Å². The molecule has 5 nitrogen and oxygen atoms in total. The first-order valence-electron chi connectivity index (χ1n) is 7.59. The smallest absolute Gasteiger partial charge is 0.207 e. The first-order chi connectivity index (χ1) is 12.0. The number of hydrogen-bond donors (Lipinski definition) is 1. The molecule has 0 saturated heterocycles. The molecule has 0 aliphatic carbocycles. The summed E-state index contributed by atoms with van der Waals surface area (Å²) in [6.45, 7) is 3.82. The van der Waals surface area contributed by atoms with Gasteiger partial charge < -0.3 is 0 Å². The number of thiazole rings is 1. The van der Waals surface area contributed by atoms with Crippen molar-refractivity contribution in [3.63, 3.8) is 0 Å². The van der Waals surface area contributed by atoms with Crippen molar-refractivity contribution >= 4 is 32.5 Å². The summed E-state index contributed by atoms with van der Waals surface area (Å²) in [5.74, 6) is 0. The van der Waals surface area contributed by atoms with Crippen molar-refractivity contribution < 1.29 is 8.42 Å². The SMILES string of the molecule is Cc1ccc(S(=O)(=O)c2ccccc2C=NNc2nc(C)cs2)cc1. The van der Waals surface area contributed by atoms with E-state index in [0.717, 1.165) is 11.3 Å². The van der Waals surface area contributed by atoms with Gasteiger partial charge in [0.15, 0.2) is 0 Å². The Balaban J connectivity index is 1.91. The molecule has 128 valence electrons. The number of hydrazone groups is 1. The first-order valence-corrected chi connectivity index (χ1v) is 9.95. The maximum absolute atomic E-state index is 12.9. The lowest BCUT2D eigenvalue weighted by atomic mass is 10.2. The minimum Gasteiger partial charge on any atom is -0.253 e. The normalized spacial score (nSPS) is 11.8. The molecule has 0 bridgehead atoms. The number of benzene rings is 2. The van der Waals surface area contributed by atoms with Crippen molar-refractivity contribution in [2.45, 2.75) is 23.6 Å². The van der Waals surface area contributed by atoms with E-state index in [4.69, 9.17) is 0 Å². The van der Waals surface area contributed by atoms with Crippen molar-refractivity contribution in [1.29, 1.82) is 0 Å². The molecule has 7 heteroatoms. The van der Waals surface area contributed by atoms with Gasteiger partial charge in [-0.05, 0) is 32.0 Å². The van der Waals surface area contributed by atoms with Crippen LogP contribution in [0.25, 0.3) is 0 Å². The van der Waals surface area contributed by atoms with Gasteiger partial charge >= 0.3 is 0 Å². The van der Waals surface area contributed by atoms with Gasteiger partial charge in [-0.25, -0.2) is 13.4 Å². The van der Waals surface area contributed by atoms with Crippen LogP contribution in [0.4, 0.5) is 5.13 Å². The van der Waals surface area contributed by atoms with E-state index in [1.165, 1.54) is 17.6 Å². The number of aryl methyl sites for hydroxylation is 2. The largest absolute Gasteiger partial charge is 0.253 e. The summed E-state index contributed by atoms with van der Waals surface area (Å²) in [4.78, 5) is 4.73. The molecule has 25 heavy (non-hydrogen) atoms. The Bertz CT molecular complexity index is 1010. The fourth-order valence-corrected chi connectivity index (χ4v) is 4.31. The molecule has 0 unspecified atom stereocenters. The van der Waals surface area contributed by atoms with Crippen LogP contribution in [0, 0.1) is 13.8 Å². The minimum absolute atomic E-state index is 0.222. The number of aromatic nitrogens is 1. The fraction of sp³-hybridized carbons (Fsp3) is 0.111. The van der Waals surface area contributed by atoms with Gasteiger partial charge in [-0.1, -0.05) is 35.9 Å². The Kier molecular flexibility index (Phi) is 4.96. The zero-order valence-corrected chi connectivity index (χ0v) is 15.4. The van der Waals surface area contributed by atoms with E-state index < -0.39 is 9.84 Å². The molecule has 1 heterocycles. The quantitative estimate of drug-likeness (QED) is 0.543. The van der Waals surface area contributed by atoms with Gasteiger partial charge in [0.1, 0.15) is 0 Å². The van der Waals surface area contributed by atoms with Crippen LogP contribution >= 0.6 is 11.3 Å². The third-order valence-electron chi connectivity index (χ3n) is 3.52. The average Bonchev–Trinajstić information content (AvgIpc) is 3.01. The molecular formula is C18H17N3O2S2. The van der Waals surface area contributed by atoms with Crippen LogP contribution in [0.1, 0.15) is 16.8 Å². The van der Waals surface area contributed by atoms with Gasteiger partial charge in [-0.3, -0.25) is 5.43 Å². The third-order valence-corrected chi connectivity index (χ3v) is 6.23. The van der Waals surface area contributed by atoms with Crippen molar-refractivity contribution in [2.24, 2.45) is 5.10 Å². The Hall–Kier alpha value is -2.51. The summed E-state index contributed by atoms with van der Waals surface area (Å²) in [6, 6.07) is 13.6. The van der Waals surface area contributed by atoms with Gasteiger partial charge in [-0.15, -0.1) is 11.3 Å². The Morgan fingerprint density at radius 3 is 2.48 bits per heavy atom. The predicted octanol–water partition coefficient (Wildman–Crippen LogP) is 4.04. The van der Waals surface area contributed by atoms with Crippen LogP contribution in [0.2, 0.25) is 0 Å². The first kappa shape index (κ1) is 17.3. The van der Waals surface area contributed by atoms with Gasteiger partial charge in [-0.2, -0.15) is 5.10 Å². The second kappa shape index (κ2) is 7.16. The molecule has 0 spiro atoms. The van der Waals surface area contributed by atoms with Crippen LogP contribution < -0.4 is 5.43 Å². The van der Waals surface area contributed by atoms with Gasteiger partial charge in [0, 0.05) is 10.9 Å². The number of rotatable bonds is 5. The molecule has 0 radical (unpaired) electrons. The molecular weight excluding hydrogens is 354 g/mol. The fourth-order valence-electron chi connectivity index (χ4n) is 2.24. The molecule has 0 atom stereocenters. The number of anilines is 1. The summed E-state index contributed by atoms with van der Waals surface area (Å²) in [6.07, 6.45) is 1.50. The Morgan fingerprint density at radius 2 is 1.80 bits per heavy atom. The monoisotopic (exact) mass is 371 g/mol. The maximum Gasteiger partial charge on any atom is 0.207 e. The lowest BCUT2D eigenvalue weighted by Crippen LogP contribution is -2.06. The summed E-state index contributed by atoms with van der Waals surface area (Å²) in [7, 11) is -3.61. The van der Waals surface area contributed by atoms with Gasteiger partial charge in [0.2, 0.25) is 15.0 Å². The number of hydrogen-bond acceptors (Lipinski definition) is 6. The van der Waals surface area contributed by atoms with Crippen LogP contribution in [-0.4, -0.2) is 19.6 Å². The van der Waals surface area contributed by atoms with E-state index in [0.29, 0.717) is 10.7 Å². The molecule has 3 aromatic rings. The third kappa shape index (κ3) is 3.94. The van der Waals surface area contributed by atoms with Gasteiger partial charge in [0.05, 0.1) is 21.7 Å². The van der Waals surface area contributed by atoms with Crippen molar-refractivity contribution in [3.8, 4) is 0 Å². The lowest BCUT2D eigenvalue weighted by Gasteiger charge is -2.08. The molecule has 3 rings (SSSR count). The topological polar surface area (TPSA) is 71.4 Å². The number of sulfone groups is 1. The van der Waals surface area contributed by atoms with Crippen molar-refractivity contribution in [3.05, 3.63) is 70.7 Å². The highest BCUT2D eigenvalue weighted by atomic mass is 32.2. The zero-order chi connectivity index (χ0) is 17.9. The zero-order valence-electron chi connectivity index (χ0n) is 13.8. The molecule has 0 aliphatic rings. The van der Waals surface area contributed by atoms with Crippen LogP contribution in [-0.2, 0) is 9.84 Å². The standard InChI is InChI=1S/C18H17N3O2S2/c1-13-7-9-16(10-8-13)25(22,23)17-6-4-3-5-15(17)11-19-21-18-20-14(2)12-24-18/h3-12H,1-2H3,(H,20,21). The summed E-state index contributed by atoms with van der Waals surface area (Å²) in [5, 5.41) is 6.69. The van der Waals surface area contributed by atoms with Crippen LogP contribution in [0.5, 0.6) is 0 Å². The highest BCUT2D eigenvalue weighted by Gasteiger charge is 2.20.